The minimum atomic E-state index is -0.342. The van der Waals surface area contributed by atoms with Gasteiger partial charge in [-0.3, -0.25) is 4.98 Å². The highest BCUT2D eigenvalue weighted by Gasteiger charge is 2.08. The molecule has 2 rings (SSSR count). The molecule has 2 heteroatoms. The molecule has 0 bridgehead atoms. The van der Waals surface area contributed by atoms with Crippen LogP contribution >= 0.6 is 0 Å². The number of aromatic nitrogens is 1. The molecule has 0 spiro atoms. The molecule has 1 aromatic heterocycles. The topological polar surface area (TPSA) is 12.9 Å². The van der Waals surface area contributed by atoms with E-state index in [2.05, 4.69) is 10.9 Å². The third-order valence-corrected chi connectivity index (χ3v) is 2.48. The van der Waals surface area contributed by atoms with Crippen LogP contribution in [0.3, 0.4) is 0 Å². The first-order valence-corrected chi connectivity index (χ1v) is 5.79. The molecule has 1 nitrogen and oxygen atoms in total. The van der Waals surface area contributed by atoms with Crippen molar-refractivity contribution in [2.24, 2.45) is 0 Å². The highest BCUT2D eigenvalue weighted by Crippen LogP contribution is 2.24. The minimum Gasteiger partial charge on any atom is -0.264 e. The molecule has 0 atom stereocenters. The third-order valence-electron chi connectivity index (χ3n) is 2.48. The molecule has 0 aliphatic rings. The van der Waals surface area contributed by atoms with Crippen molar-refractivity contribution in [2.45, 2.75) is 27.2 Å². The van der Waals surface area contributed by atoms with Crippen molar-refractivity contribution in [1.82, 2.24) is 4.98 Å². The number of fused-ring (bicyclic) bond motifs is 1. The SMILES string of the molecule is C#Cc1c(F)ccc2cncc(CC)c12.CC. The Morgan fingerprint density at radius 2 is 2.00 bits per heavy atom. The Labute approximate surface area is 102 Å². The Morgan fingerprint density at radius 1 is 1.29 bits per heavy atom. The van der Waals surface area contributed by atoms with Crippen molar-refractivity contribution in [1.29, 1.82) is 0 Å². The van der Waals surface area contributed by atoms with E-state index in [-0.39, 0.29) is 5.82 Å². The summed E-state index contributed by atoms with van der Waals surface area (Å²) in [6.07, 6.45) is 9.57. The monoisotopic (exact) mass is 229 g/mol. The van der Waals surface area contributed by atoms with Gasteiger partial charge in [0.2, 0.25) is 0 Å². The Balaban J connectivity index is 0.000000686. The second-order valence-electron chi connectivity index (χ2n) is 3.32. The van der Waals surface area contributed by atoms with Crippen molar-refractivity contribution < 1.29 is 4.39 Å². The summed E-state index contributed by atoms with van der Waals surface area (Å²) in [5.74, 6) is 2.07. The van der Waals surface area contributed by atoms with Crippen molar-refractivity contribution in [3.8, 4) is 12.3 Å². The number of halogens is 1. The van der Waals surface area contributed by atoms with Gasteiger partial charge in [-0.05, 0) is 24.1 Å². The highest BCUT2D eigenvalue weighted by molar-refractivity contribution is 5.90. The van der Waals surface area contributed by atoms with Crippen LogP contribution in [-0.2, 0) is 6.42 Å². The standard InChI is InChI=1S/C13H10FN.C2H6/c1-3-9-7-15-8-10-5-6-12(14)11(4-2)13(9)10;1-2/h2,5-8H,3H2,1H3;1-2H3. The third kappa shape index (κ3) is 2.45. The van der Waals surface area contributed by atoms with Crippen LogP contribution in [-0.4, -0.2) is 4.98 Å². The molecule has 0 saturated heterocycles. The number of aryl methyl sites for hydroxylation is 1. The molecule has 0 N–H and O–H groups in total. The Hall–Kier alpha value is -1.88. The fourth-order valence-electron chi connectivity index (χ4n) is 1.73. The Bertz CT molecular complexity index is 553. The quantitative estimate of drug-likeness (QED) is 0.675. The summed E-state index contributed by atoms with van der Waals surface area (Å²) >= 11 is 0. The molecule has 0 aliphatic heterocycles. The second kappa shape index (κ2) is 6.00. The fraction of sp³-hybridized carbons (Fsp3) is 0.267. The average molecular weight is 229 g/mol. The predicted molar refractivity (Wildman–Crippen MR) is 70.4 cm³/mol. The number of nitrogens with zero attached hydrogens (tertiary/aromatic N) is 1. The van der Waals surface area contributed by atoms with E-state index in [0.717, 1.165) is 22.8 Å². The molecule has 0 aliphatic carbocycles. The van der Waals surface area contributed by atoms with Gasteiger partial charge in [0.15, 0.2) is 0 Å². The summed E-state index contributed by atoms with van der Waals surface area (Å²) in [6.45, 7) is 6.00. The zero-order valence-electron chi connectivity index (χ0n) is 10.4. The van der Waals surface area contributed by atoms with Gasteiger partial charge in [0.1, 0.15) is 5.82 Å². The highest BCUT2D eigenvalue weighted by atomic mass is 19.1. The van der Waals surface area contributed by atoms with Gasteiger partial charge < -0.3 is 0 Å². The predicted octanol–water partition coefficient (Wildman–Crippen LogP) is 3.94. The summed E-state index contributed by atoms with van der Waals surface area (Å²) < 4.78 is 13.5. The van der Waals surface area contributed by atoms with Gasteiger partial charge in [-0.15, -0.1) is 6.42 Å². The number of rotatable bonds is 1. The maximum Gasteiger partial charge on any atom is 0.139 e. The molecule has 0 fully saturated rings. The molecular formula is C15H16FN. The lowest BCUT2D eigenvalue weighted by molar-refractivity contribution is 0.626. The van der Waals surface area contributed by atoms with Crippen molar-refractivity contribution in [2.75, 3.05) is 0 Å². The van der Waals surface area contributed by atoms with Gasteiger partial charge in [-0.25, -0.2) is 4.39 Å². The van der Waals surface area contributed by atoms with E-state index in [1.54, 1.807) is 18.5 Å². The summed E-state index contributed by atoms with van der Waals surface area (Å²) in [5.41, 5.74) is 1.33. The van der Waals surface area contributed by atoms with Crippen LogP contribution in [0.1, 0.15) is 31.9 Å². The summed E-state index contributed by atoms with van der Waals surface area (Å²) in [5, 5.41) is 1.71. The van der Waals surface area contributed by atoms with Crippen molar-refractivity contribution in [3.05, 3.63) is 41.5 Å². The van der Waals surface area contributed by atoms with Crippen LogP contribution in [0, 0.1) is 18.2 Å². The lowest BCUT2D eigenvalue weighted by Crippen LogP contribution is -1.92. The van der Waals surface area contributed by atoms with Gasteiger partial charge in [0.05, 0.1) is 5.56 Å². The van der Waals surface area contributed by atoms with Gasteiger partial charge >= 0.3 is 0 Å². The maximum absolute atomic E-state index is 13.5. The van der Waals surface area contributed by atoms with E-state index in [9.17, 15) is 4.39 Å². The molecule has 1 aromatic carbocycles. The summed E-state index contributed by atoms with van der Waals surface area (Å²) in [4.78, 5) is 4.10. The molecule has 0 amide bonds. The number of benzene rings is 1. The van der Waals surface area contributed by atoms with Gasteiger partial charge in [-0.2, -0.15) is 0 Å². The van der Waals surface area contributed by atoms with E-state index in [1.807, 2.05) is 20.8 Å². The lowest BCUT2D eigenvalue weighted by Gasteiger charge is -2.06. The lowest BCUT2D eigenvalue weighted by atomic mass is 10.0. The Kier molecular flexibility index (Phi) is 4.66. The summed E-state index contributed by atoms with van der Waals surface area (Å²) in [6, 6.07) is 3.09. The minimum absolute atomic E-state index is 0.340. The number of hydrogen-bond donors (Lipinski definition) is 0. The Morgan fingerprint density at radius 3 is 2.59 bits per heavy atom. The van der Waals surface area contributed by atoms with Crippen LogP contribution in [0.4, 0.5) is 4.39 Å². The molecule has 0 radical (unpaired) electrons. The van der Waals surface area contributed by atoms with Crippen LogP contribution in [0.25, 0.3) is 10.8 Å². The largest absolute Gasteiger partial charge is 0.264 e. The molecule has 0 unspecified atom stereocenters. The first-order valence-electron chi connectivity index (χ1n) is 5.79. The smallest absolute Gasteiger partial charge is 0.139 e. The molecule has 0 saturated carbocycles. The molecular weight excluding hydrogens is 213 g/mol. The van der Waals surface area contributed by atoms with Crippen molar-refractivity contribution >= 4 is 10.8 Å². The zero-order chi connectivity index (χ0) is 12.8. The fourth-order valence-corrected chi connectivity index (χ4v) is 1.73. The zero-order valence-corrected chi connectivity index (χ0v) is 10.4. The van der Waals surface area contributed by atoms with E-state index in [4.69, 9.17) is 6.42 Å². The number of hydrogen-bond acceptors (Lipinski definition) is 1. The van der Waals surface area contributed by atoms with Crippen LogP contribution in [0.2, 0.25) is 0 Å². The number of terminal acetylenes is 1. The first kappa shape index (κ1) is 13.2. The first-order chi connectivity index (χ1) is 8.27. The normalized spacial score (nSPS) is 9.35. The van der Waals surface area contributed by atoms with E-state index in [0.29, 0.717) is 5.56 Å². The van der Waals surface area contributed by atoms with Crippen molar-refractivity contribution in [3.63, 3.8) is 0 Å². The van der Waals surface area contributed by atoms with Crippen LogP contribution in [0.5, 0.6) is 0 Å². The summed E-state index contributed by atoms with van der Waals surface area (Å²) in [7, 11) is 0. The van der Waals surface area contributed by atoms with Gasteiger partial charge in [-0.1, -0.05) is 26.7 Å². The van der Waals surface area contributed by atoms with Gasteiger partial charge in [0, 0.05) is 23.2 Å². The van der Waals surface area contributed by atoms with E-state index in [1.165, 1.54) is 6.07 Å². The van der Waals surface area contributed by atoms with Crippen LogP contribution in [0.15, 0.2) is 24.5 Å². The molecule has 17 heavy (non-hydrogen) atoms. The van der Waals surface area contributed by atoms with E-state index >= 15 is 0 Å². The average Bonchev–Trinajstić information content (AvgIpc) is 2.40. The maximum atomic E-state index is 13.5. The molecule has 88 valence electrons. The second-order valence-corrected chi connectivity index (χ2v) is 3.32. The number of pyridine rings is 1. The van der Waals surface area contributed by atoms with Crippen LogP contribution < -0.4 is 0 Å². The van der Waals surface area contributed by atoms with E-state index < -0.39 is 0 Å². The van der Waals surface area contributed by atoms with Gasteiger partial charge in [0.25, 0.3) is 0 Å². The molecule has 2 aromatic rings. The molecule has 1 heterocycles.